The summed E-state index contributed by atoms with van der Waals surface area (Å²) >= 11 is 0. The molecule has 0 aliphatic carbocycles. The summed E-state index contributed by atoms with van der Waals surface area (Å²) in [6.45, 7) is 5.78. The van der Waals surface area contributed by atoms with E-state index in [4.69, 9.17) is 4.52 Å². The van der Waals surface area contributed by atoms with E-state index in [0.717, 1.165) is 11.3 Å². The van der Waals surface area contributed by atoms with E-state index < -0.39 is 0 Å². The summed E-state index contributed by atoms with van der Waals surface area (Å²) in [5.41, 5.74) is 3.23. The monoisotopic (exact) mass is 355 g/mol. The zero-order valence-corrected chi connectivity index (χ0v) is 15.4. The van der Waals surface area contributed by atoms with Crippen LogP contribution < -0.4 is 0 Å². The number of fused-ring (bicyclic) bond motifs is 1. The molecule has 0 saturated heterocycles. The van der Waals surface area contributed by atoms with Crippen molar-refractivity contribution in [3.63, 3.8) is 0 Å². The second-order valence-electron chi connectivity index (χ2n) is 6.35. The van der Waals surface area contributed by atoms with Crippen LogP contribution in [0, 0.1) is 12.7 Å². The molecule has 0 saturated carbocycles. The van der Waals surface area contributed by atoms with Crippen LogP contribution in [0.25, 0.3) is 11.1 Å². The molecular formula is C20H22FN3O2. The molecule has 2 aromatic heterocycles. The molecule has 6 heteroatoms. The van der Waals surface area contributed by atoms with E-state index in [-0.39, 0.29) is 17.8 Å². The lowest BCUT2D eigenvalue weighted by atomic mass is 10.0. The minimum absolute atomic E-state index is 0.130. The molecular weight excluding hydrogens is 333 g/mol. The van der Waals surface area contributed by atoms with Gasteiger partial charge in [0.1, 0.15) is 5.82 Å². The zero-order chi connectivity index (χ0) is 18.8. The molecule has 1 amide bonds. The Kier molecular flexibility index (Phi) is 5.02. The molecule has 5 nitrogen and oxygen atoms in total. The van der Waals surface area contributed by atoms with Gasteiger partial charge in [-0.1, -0.05) is 31.1 Å². The van der Waals surface area contributed by atoms with E-state index in [0.29, 0.717) is 35.2 Å². The summed E-state index contributed by atoms with van der Waals surface area (Å²) in [4.78, 5) is 19.4. The van der Waals surface area contributed by atoms with Crippen molar-refractivity contribution in [2.24, 2.45) is 0 Å². The van der Waals surface area contributed by atoms with Crippen LogP contribution in [0.5, 0.6) is 0 Å². The maximum absolute atomic E-state index is 13.3. The van der Waals surface area contributed by atoms with Crippen LogP contribution in [0.2, 0.25) is 0 Å². The summed E-state index contributed by atoms with van der Waals surface area (Å²) in [5.74, 6) is -0.421. The number of hydrogen-bond acceptors (Lipinski definition) is 4. The third kappa shape index (κ3) is 3.19. The molecule has 0 aliphatic rings. The minimum atomic E-state index is -0.291. The standard InChI is InChI=1S/C20H22FN3O2/c1-5-15-11-16(18-12(3)23-26-19(18)22-15)20(25)24(4)17(6-2)13-7-9-14(21)10-8-13/h7-11,17H,5-6H2,1-4H3/t17-/m1/s1. The Morgan fingerprint density at radius 3 is 2.58 bits per heavy atom. The van der Waals surface area contributed by atoms with Crippen LogP contribution in [-0.4, -0.2) is 28.0 Å². The molecule has 3 aromatic rings. The number of carbonyl (C=O) groups is 1. The lowest BCUT2D eigenvalue weighted by molar-refractivity contribution is 0.0728. The first-order chi connectivity index (χ1) is 12.5. The smallest absolute Gasteiger partial charge is 0.258 e. The highest BCUT2D eigenvalue weighted by Gasteiger charge is 2.25. The van der Waals surface area contributed by atoms with Gasteiger partial charge in [-0.05, 0) is 43.5 Å². The quantitative estimate of drug-likeness (QED) is 0.678. The number of pyridine rings is 1. The lowest BCUT2D eigenvalue weighted by Crippen LogP contribution is -2.31. The summed E-state index contributed by atoms with van der Waals surface area (Å²) in [6.07, 6.45) is 1.40. The SMILES string of the molecule is CCc1cc(C(=O)N(C)[C@H](CC)c2ccc(F)cc2)c2c(C)noc2n1. The van der Waals surface area contributed by atoms with Crippen molar-refractivity contribution in [2.45, 2.75) is 39.7 Å². The van der Waals surface area contributed by atoms with Crippen molar-refractivity contribution in [2.75, 3.05) is 7.05 Å². The number of benzene rings is 1. The van der Waals surface area contributed by atoms with Crippen LogP contribution in [0.3, 0.4) is 0 Å². The fourth-order valence-electron chi connectivity index (χ4n) is 3.25. The Hall–Kier alpha value is -2.76. The van der Waals surface area contributed by atoms with Crippen molar-refractivity contribution in [3.05, 3.63) is 58.7 Å². The maximum Gasteiger partial charge on any atom is 0.258 e. The second kappa shape index (κ2) is 7.23. The minimum Gasteiger partial charge on any atom is -0.336 e. The number of aryl methyl sites for hydroxylation is 2. The van der Waals surface area contributed by atoms with Gasteiger partial charge in [-0.2, -0.15) is 0 Å². The zero-order valence-electron chi connectivity index (χ0n) is 15.4. The Morgan fingerprint density at radius 2 is 1.96 bits per heavy atom. The van der Waals surface area contributed by atoms with Crippen LogP contribution in [-0.2, 0) is 6.42 Å². The number of amides is 1. The molecule has 0 aliphatic heterocycles. The number of rotatable bonds is 5. The van der Waals surface area contributed by atoms with E-state index in [9.17, 15) is 9.18 Å². The third-order valence-electron chi connectivity index (χ3n) is 4.69. The van der Waals surface area contributed by atoms with Gasteiger partial charge < -0.3 is 9.42 Å². The number of carbonyl (C=O) groups excluding carboxylic acids is 1. The Bertz CT molecular complexity index is 934. The highest BCUT2D eigenvalue weighted by molar-refractivity contribution is 6.06. The van der Waals surface area contributed by atoms with Gasteiger partial charge in [0.15, 0.2) is 0 Å². The Labute approximate surface area is 151 Å². The number of hydrogen-bond donors (Lipinski definition) is 0. The molecule has 0 spiro atoms. The summed E-state index contributed by atoms with van der Waals surface area (Å²) in [5, 5.41) is 4.60. The van der Waals surface area contributed by atoms with Gasteiger partial charge in [-0.3, -0.25) is 4.79 Å². The number of halogens is 1. The van der Waals surface area contributed by atoms with Gasteiger partial charge in [0.05, 0.1) is 22.7 Å². The molecule has 26 heavy (non-hydrogen) atoms. The molecule has 0 radical (unpaired) electrons. The molecule has 2 heterocycles. The Morgan fingerprint density at radius 1 is 1.27 bits per heavy atom. The van der Waals surface area contributed by atoms with Gasteiger partial charge >= 0.3 is 0 Å². The lowest BCUT2D eigenvalue weighted by Gasteiger charge is -2.28. The molecule has 136 valence electrons. The predicted molar refractivity (Wildman–Crippen MR) is 97.4 cm³/mol. The van der Waals surface area contributed by atoms with Crippen LogP contribution in [0.15, 0.2) is 34.9 Å². The second-order valence-corrected chi connectivity index (χ2v) is 6.35. The molecule has 1 aromatic carbocycles. The fourth-order valence-corrected chi connectivity index (χ4v) is 3.25. The van der Waals surface area contributed by atoms with E-state index in [1.807, 2.05) is 19.9 Å². The fraction of sp³-hybridized carbons (Fsp3) is 0.350. The van der Waals surface area contributed by atoms with Gasteiger partial charge in [0.25, 0.3) is 11.6 Å². The summed E-state index contributed by atoms with van der Waals surface area (Å²) < 4.78 is 18.5. The van der Waals surface area contributed by atoms with Gasteiger partial charge in [0, 0.05) is 12.7 Å². The largest absolute Gasteiger partial charge is 0.336 e. The predicted octanol–water partition coefficient (Wildman–Crippen LogP) is 4.46. The van der Waals surface area contributed by atoms with E-state index in [2.05, 4.69) is 10.1 Å². The average molecular weight is 355 g/mol. The first kappa shape index (κ1) is 18.0. The van der Waals surface area contributed by atoms with E-state index >= 15 is 0 Å². The van der Waals surface area contributed by atoms with E-state index in [1.54, 1.807) is 31.0 Å². The Balaban J connectivity index is 2.03. The first-order valence-electron chi connectivity index (χ1n) is 8.74. The maximum atomic E-state index is 13.3. The number of nitrogens with zero attached hydrogens (tertiary/aromatic N) is 3. The summed E-state index contributed by atoms with van der Waals surface area (Å²) in [7, 11) is 1.76. The van der Waals surface area contributed by atoms with Crippen molar-refractivity contribution in [1.29, 1.82) is 0 Å². The van der Waals surface area contributed by atoms with Crippen LogP contribution >= 0.6 is 0 Å². The van der Waals surface area contributed by atoms with Crippen molar-refractivity contribution in [1.82, 2.24) is 15.0 Å². The topological polar surface area (TPSA) is 59.2 Å². The molecule has 1 atom stereocenters. The molecule has 0 fully saturated rings. The third-order valence-corrected chi connectivity index (χ3v) is 4.69. The van der Waals surface area contributed by atoms with Gasteiger partial charge in [-0.25, -0.2) is 9.37 Å². The summed E-state index contributed by atoms with van der Waals surface area (Å²) in [6, 6.07) is 7.93. The highest BCUT2D eigenvalue weighted by Crippen LogP contribution is 2.28. The van der Waals surface area contributed by atoms with Gasteiger partial charge in [0.2, 0.25) is 0 Å². The van der Waals surface area contributed by atoms with Crippen molar-refractivity contribution < 1.29 is 13.7 Å². The van der Waals surface area contributed by atoms with Gasteiger partial charge in [-0.15, -0.1) is 0 Å². The molecule has 0 N–H and O–H groups in total. The first-order valence-corrected chi connectivity index (χ1v) is 8.74. The van der Waals surface area contributed by atoms with Crippen LogP contribution in [0.1, 0.15) is 53.6 Å². The van der Waals surface area contributed by atoms with E-state index in [1.165, 1.54) is 12.1 Å². The molecule has 3 rings (SSSR count). The number of aromatic nitrogens is 2. The van der Waals surface area contributed by atoms with Crippen molar-refractivity contribution in [3.8, 4) is 0 Å². The molecule has 0 bridgehead atoms. The molecule has 0 unspecified atom stereocenters. The van der Waals surface area contributed by atoms with Crippen LogP contribution in [0.4, 0.5) is 4.39 Å². The average Bonchev–Trinajstić information content (AvgIpc) is 3.03. The highest BCUT2D eigenvalue weighted by atomic mass is 19.1. The normalized spacial score (nSPS) is 12.3. The van der Waals surface area contributed by atoms with Crippen molar-refractivity contribution >= 4 is 17.0 Å².